The molecule has 10 heteroatoms. The summed E-state index contributed by atoms with van der Waals surface area (Å²) in [5.74, 6) is 0.807. The zero-order valence-corrected chi connectivity index (χ0v) is 15.1. The number of nitrogens with zero attached hydrogens (tertiary/aromatic N) is 2. The Balaban J connectivity index is 1.80. The van der Waals surface area contributed by atoms with E-state index in [0.717, 1.165) is 0 Å². The molecule has 3 N–H and O–H groups in total. The summed E-state index contributed by atoms with van der Waals surface area (Å²) < 4.78 is 5.64. The number of anilines is 2. The summed E-state index contributed by atoms with van der Waals surface area (Å²) in [5.41, 5.74) is 0.622. The van der Waals surface area contributed by atoms with E-state index in [0.29, 0.717) is 27.5 Å². The average Bonchev–Trinajstić information content (AvgIpc) is 3.06. The second kappa shape index (κ2) is 9.64. The lowest BCUT2D eigenvalue weighted by Gasteiger charge is -2.05. The molecule has 0 bridgehead atoms. The van der Waals surface area contributed by atoms with E-state index >= 15 is 0 Å². The number of hydrogen-bond donors (Lipinski definition) is 3. The topological polar surface area (TPSA) is 105 Å². The van der Waals surface area contributed by atoms with Crippen molar-refractivity contribution in [3.05, 3.63) is 36.9 Å². The van der Waals surface area contributed by atoms with Crippen molar-refractivity contribution in [2.75, 3.05) is 30.0 Å². The lowest BCUT2D eigenvalue weighted by Crippen LogP contribution is -2.24. The predicted molar refractivity (Wildman–Crippen MR) is 99.5 cm³/mol. The van der Waals surface area contributed by atoms with Gasteiger partial charge in [-0.1, -0.05) is 29.2 Å². The number of ether oxygens (including phenoxy) is 1. The van der Waals surface area contributed by atoms with Gasteiger partial charge in [-0.05, 0) is 24.3 Å². The number of carbonyl (C=O) groups excluding carboxylic acids is 2. The van der Waals surface area contributed by atoms with Gasteiger partial charge in [0.1, 0.15) is 5.75 Å². The summed E-state index contributed by atoms with van der Waals surface area (Å²) in [4.78, 5) is 23.4. The molecule has 1 aromatic heterocycles. The largest absolute Gasteiger partial charge is 0.497 e. The number of urea groups is 1. The number of carbonyl (C=O) groups is 2. The molecule has 25 heavy (non-hydrogen) atoms. The van der Waals surface area contributed by atoms with E-state index in [2.05, 4.69) is 32.7 Å². The maximum Gasteiger partial charge on any atom is 0.325 e. The number of benzene rings is 1. The molecule has 3 amide bonds. The van der Waals surface area contributed by atoms with E-state index < -0.39 is 6.03 Å². The third-order valence-corrected chi connectivity index (χ3v) is 4.72. The van der Waals surface area contributed by atoms with Crippen LogP contribution in [0.3, 0.4) is 0 Å². The van der Waals surface area contributed by atoms with Crippen LogP contribution in [-0.4, -0.2) is 41.5 Å². The standard InChI is InChI=1S/C15H17N5O3S2/c1-3-8-16-12(21)9-24-15-20-19-14(25-15)18-13(22)17-10-4-6-11(23-2)7-5-10/h3-7H,1,8-9H2,2H3,(H,16,21)(H2,17,18,19,22). The van der Waals surface area contributed by atoms with E-state index in [-0.39, 0.29) is 11.7 Å². The summed E-state index contributed by atoms with van der Waals surface area (Å²) in [7, 11) is 1.57. The first kappa shape index (κ1) is 18.7. The van der Waals surface area contributed by atoms with Crippen LogP contribution < -0.4 is 20.7 Å². The van der Waals surface area contributed by atoms with Crippen LogP contribution >= 0.6 is 23.1 Å². The molecule has 0 aliphatic heterocycles. The Hall–Kier alpha value is -2.59. The highest BCUT2D eigenvalue weighted by atomic mass is 32.2. The van der Waals surface area contributed by atoms with Gasteiger partial charge >= 0.3 is 6.03 Å². The molecular weight excluding hydrogens is 362 g/mol. The summed E-state index contributed by atoms with van der Waals surface area (Å²) in [6.45, 7) is 3.95. The van der Waals surface area contributed by atoms with Gasteiger partial charge < -0.3 is 15.4 Å². The highest BCUT2D eigenvalue weighted by molar-refractivity contribution is 8.01. The predicted octanol–water partition coefficient (Wildman–Crippen LogP) is 2.58. The Bertz CT molecular complexity index is 733. The smallest absolute Gasteiger partial charge is 0.325 e. The van der Waals surface area contributed by atoms with E-state index in [1.807, 2.05) is 0 Å². The highest BCUT2D eigenvalue weighted by Gasteiger charge is 2.10. The number of rotatable bonds is 8. The molecule has 2 aromatic rings. The van der Waals surface area contributed by atoms with Crippen LogP contribution in [-0.2, 0) is 4.79 Å². The van der Waals surface area contributed by atoms with Gasteiger partial charge in [0.05, 0.1) is 12.9 Å². The summed E-state index contributed by atoms with van der Waals surface area (Å²) in [5, 5.41) is 16.1. The first-order valence-electron chi connectivity index (χ1n) is 7.16. The van der Waals surface area contributed by atoms with Gasteiger partial charge in [0.25, 0.3) is 0 Å². The number of nitrogens with one attached hydrogen (secondary N) is 3. The van der Waals surface area contributed by atoms with E-state index in [1.165, 1.54) is 23.1 Å². The molecule has 0 unspecified atom stereocenters. The fraction of sp³-hybridized carbons (Fsp3) is 0.200. The average molecular weight is 379 g/mol. The first-order chi connectivity index (χ1) is 12.1. The van der Waals surface area contributed by atoms with Crippen molar-refractivity contribution in [2.24, 2.45) is 0 Å². The van der Waals surface area contributed by atoms with Crippen molar-refractivity contribution in [3.8, 4) is 5.75 Å². The first-order valence-corrected chi connectivity index (χ1v) is 8.97. The number of methoxy groups -OCH3 is 1. The lowest BCUT2D eigenvalue weighted by molar-refractivity contribution is -0.118. The molecule has 1 heterocycles. The van der Waals surface area contributed by atoms with Crippen molar-refractivity contribution < 1.29 is 14.3 Å². The maximum absolute atomic E-state index is 11.9. The number of thioether (sulfide) groups is 1. The molecule has 1 aromatic carbocycles. The van der Waals surface area contributed by atoms with Crippen molar-refractivity contribution in [3.63, 3.8) is 0 Å². The van der Waals surface area contributed by atoms with Crippen LogP contribution in [0.4, 0.5) is 15.6 Å². The van der Waals surface area contributed by atoms with Crippen molar-refractivity contribution in [2.45, 2.75) is 4.34 Å². The zero-order chi connectivity index (χ0) is 18.1. The minimum absolute atomic E-state index is 0.119. The molecule has 132 valence electrons. The summed E-state index contributed by atoms with van der Waals surface area (Å²) >= 11 is 2.44. The van der Waals surface area contributed by atoms with E-state index in [9.17, 15) is 9.59 Å². The Morgan fingerprint density at radius 2 is 2.04 bits per heavy atom. The number of amides is 3. The zero-order valence-electron chi connectivity index (χ0n) is 13.4. The van der Waals surface area contributed by atoms with Crippen LogP contribution in [0.5, 0.6) is 5.75 Å². The Labute approximate surface area is 153 Å². The van der Waals surface area contributed by atoms with Gasteiger partial charge in [0, 0.05) is 12.2 Å². The van der Waals surface area contributed by atoms with Crippen LogP contribution in [0.2, 0.25) is 0 Å². The van der Waals surface area contributed by atoms with E-state index in [1.54, 1.807) is 37.5 Å². The maximum atomic E-state index is 11.9. The molecule has 0 saturated heterocycles. The summed E-state index contributed by atoms with van der Waals surface area (Å²) in [6.07, 6.45) is 1.61. The Morgan fingerprint density at radius 3 is 2.72 bits per heavy atom. The molecule has 0 aliphatic rings. The second-order valence-corrected chi connectivity index (χ2v) is 6.76. The minimum Gasteiger partial charge on any atom is -0.497 e. The second-order valence-electron chi connectivity index (χ2n) is 4.56. The van der Waals surface area contributed by atoms with Crippen LogP contribution in [0, 0.1) is 0 Å². The molecule has 0 fully saturated rings. The molecular formula is C15H17N5O3S2. The molecule has 0 radical (unpaired) electrons. The number of hydrogen-bond acceptors (Lipinski definition) is 7. The highest BCUT2D eigenvalue weighted by Crippen LogP contribution is 2.25. The fourth-order valence-electron chi connectivity index (χ4n) is 1.62. The van der Waals surface area contributed by atoms with Crippen molar-refractivity contribution in [1.82, 2.24) is 15.5 Å². The lowest BCUT2D eigenvalue weighted by atomic mass is 10.3. The van der Waals surface area contributed by atoms with Gasteiger partial charge in [0.2, 0.25) is 11.0 Å². The summed E-state index contributed by atoms with van der Waals surface area (Å²) in [6, 6.07) is 6.50. The molecule has 0 saturated carbocycles. The third kappa shape index (κ3) is 6.43. The van der Waals surface area contributed by atoms with Gasteiger partial charge in [-0.25, -0.2) is 4.79 Å². The van der Waals surface area contributed by atoms with Gasteiger partial charge in [-0.15, -0.1) is 16.8 Å². The van der Waals surface area contributed by atoms with Crippen LogP contribution in [0.25, 0.3) is 0 Å². The molecule has 0 atom stereocenters. The van der Waals surface area contributed by atoms with Gasteiger partial charge in [-0.3, -0.25) is 10.1 Å². The van der Waals surface area contributed by atoms with Crippen LogP contribution in [0.1, 0.15) is 0 Å². The SMILES string of the molecule is C=CCNC(=O)CSc1nnc(NC(=O)Nc2ccc(OC)cc2)s1. The van der Waals surface area contributed by atoms with E-state index in [4.69, 9.17) is 4.74 Å². The van der Waals surface area contributed by atoms with Gasteiger partial charge in [0.15, 0.2) is 4.34 Å². The van der Waals surface area contributed by atoms with Gasteiger partial charge in [-0.2, -0.15) is 0 Å². The number of aromatic nitrogens is 2. The fourth-order valence-corrected chi connectivity index (χ4v) is 3.19. The molecule has 0 spiro atoms. The quantitative estimate of drug-likeness (QED) is 0.370. The molecule has 8 nitrogen and oxygen atoms in total. The molecule has 2 rings (SSSR count). The Morgan fingerprint density at radius 1 is 1.28 bits per heavy atom. The molecule has 0 aliphatic carbocycles. The third-order valence-electron chi connectivity index (χ3n) is 2.75. The normalized spacial score (nSPS) is 9.96. The minimum atomic E-state index is -0.429. The van der Waals surface area contributed by atoms with Crippen LogP contribution in [0.15, 0.2) is 41.3 Å². The van der Waals surface area contributed by atoms with Crippen molar-refractivity contribution >= 4 is 45.9 Å². The monoisotopic (exact) mass is 379 g/mol. The van der Waals surface area contributed by atoms with Crippen molar-refractivity contribution in [1.29, 1.82) is 0 Å². The Kier molecular flexibility index (Phi) is 7.23.